The van der Waals surface area contributed by atoms with E-state index in [0.29, 0.717) is 24.6 Å². The quantitative estimate of drug-likeness (QED) is 0.825. The molecule has 1 fully saturated rings. The molecule has 0 saturated carbocycles. The van der Waals surface area contributed by atoms with E-state index < -0.39 is 0 Å². The predicted molar refractivity (Wildman–Crippen MR) is 108 cm³/mol. The molecule has 2 aromatic rings. The second kappa shape index (κ2) is 9.13. The van der Waals surface area contributed by atoms with E-state index in [0.717, 1.165) is 24.2 Å². The number of benzene rings is 1. The van der Waals surface area contributed by atoms with E-state index in [4.69, 9.17) is 4.42 Å². The van der Waals surface area contributed by atoms with Gasteiger partial charge in [-0.2, -0.15) is 0 Å². The average molecular weight is 387 g/mol. The summed E-state index contributed by atoms with van der Waals surface area (Å²) in [5, 5.41) is 3.01. The van der Waals surface area contributed by atoms with Gasteiger partial charge in [0.2, 0.25) is 5.91 Å². The van der Waals surface area contributed by atoms with Crippen molar-refractivity contribution in [3.63, 3.8) is 0 Å². The molecule has 2 heterocycles. The lowest BCUT2D eigenvalue weighted by atomic mass is 10.0. The zero-order valence-corrected chi connectivity index (χ0v) is 16.7. The lowest BCUT2D eigenvalue weighted by Gasteiger charge is -2.32. The smallest absolute Gasteiger partial charge is 0.287 e. The predicted octanol–water partition coefficient (Wildman–Crippen LogP) is 3.55. The van der Waals surface area contributed by atoms with Gasteiger partial charge in [-0.05, 0) is 38.3 Å². The number of amides is 2. The van der Waals surface area contributed by atoms with E-state index >= 15 is 0 Å². The van der Waals surface area contributed by atoms with Gasteiger partial charge in [0.1, 0.15) is 0 Å². The third kappa shape index (κ3) is 5.39. The number of likely N-dealkylation sites (tertiary alicyclic amines) is 1. The molecule has 3 rings (SSSR count). The van der Waals surface area contributed by atoms with E-state index in [1.165, 1.54) is 17.4 Å². The Morgan fingerprint density at radius 1 is 1.15 bits per heavy atom. The third-order valence-corrected chi connectivity index (χ3v) is 5.85. The Labute approximate surface area is 164 Å². The van der Waals surface area contributed by atoms with Crippen LogP contribution in [-0.4, -0.2) is 41.6 Å². The van der Waals surface area contributed by atoms with Crippen LogP contribution in [0.2, 0.25) is 0 Å². The first-order chi connectivity index (χ1) is 13.0. The molecule has 0 unspecified atom stereocenters. The summed E-state index contributed by atoms with van der Waals surface area (Å²) in [6, 6.07) is 10.3. The molecule has 1 N–H and O–H groups in total. The van der Waals surface area contributed by atoms with E-state index in [9.17, 15) is 9.59 Å². The van der Waals surface area contributed by atoms with Crippen LogP contribution in [0, 0.1) is 13.8 Å². The van der Waals surface area contributed by atoms with Gasteiger partial charge in [-0.3, -0.25) is 9.59 Å². The molecule has 1 saturated heterocycles. The van der Waals surface area contributed by atoms with Gasteiger partial charge in [0.15, 0.2) is 5.76 Å². The Kier molecular flexibility index (Phi) is 6.61. The van der Waals surface area contributed by atoms with Crippen molar-refractivity contribution < 1.29 is 14.0 Å². The number of hydrogen-bond donors (Lipinski definition) is 1. The number of thioether (sulfide) groups is 1. The first-order valence-corrected chi connectivity index (χ1v) is 10.4. The van der Waals surface area contributed by atoms with Crippen molar-refractivity contribution in [2.45, 2.75) is 38.5 Å². The molecule has 0 atom stereocenters. The van der Waals surface area contributed by atoms with E-state index in [1.54, 1.807) is 17.8 Å². The summed E-state index contributed by atoms with van der Waals surface area (Å²) in [7, 11) is 0. The van der Waals surface area contributed by atoms with Crippen LogP contribution in [0.25, 0.3) is 0 Å². The average Bonchev–Trinajstić information content (AvgIpc) is 3.10. The molecule has 0 spiro atoms. The fraction of sp³-hybridized carbons (Fsp3) is 0.429. The number of nitrogens with one attached hydrogen (secondary N) is 1. The second-order valence-electron chi connectivity index (χ2n) is 7.04. The van der Waals surface area contributed by atoms with Crippen molar-refractivity contribution in [1.82, 2.24) is 10.2 Å². The molecule has 0 bridgehead atoms. The fourth-order valence-corrected chi connectivity index (χ4v) is 4.05. The number of carbonyl (C=O) groups excluding carboxylic acids is 2. The van der Waals surface area contributed by atoms with Crippen LogP contribution >= 0.6 is 11.8 Å². The van der Waals surface area contributed by atoms with Crippen molar-refractivity contribution in [1.29, 1.82) is 0 Å². The fourth-order valence-electron chi connectivity index (χ4n) is 3.16. The molecule has 5 nitrogen and oxygen atoms in total. The first kappa shape index (κ1) is 19.5. The number of aryl methyl sites for hydroxylation is 2. The van der Waals surface area contributed by atoms with E-state index in [1.807, 2.05) is 11.8 Å². The minimum Gasteiger partial charge on any atom is -0.459 e. The minimum atomic E-state index is -0.170. The molecule has 27 heavy (non-hydrogen) atoms. The van der Waals surface area contributed by atoms with Crippen molar-refractivity contribution >= 4 is 23.6 Å². The van der Waals surface area contributed by atoms with Gasteiger partial charge in [0.05, 0.1) is 12.0 Å². The molecule has 1 aliphatic heterocycles. The number of carbonyl (C=O) groups is 2. The monoisotopic (exact) mass is 386 g/mol. The zero-order valence-electron chi connectivity index (χ0n) is 15.9. The largest absolute Gasteiger partial charge is 0.459 e. The molecule has 1 aliphatic rings. The zero-order chi connectivity index (χ0) is 19.2. The van der Waals surface area contributed by atoms with Crippen LogP contribution in [-0.2, 0) is 10.5 Å². The highest BCUT2D eigenvalue weighted by Crippen LogP contribution is 2.17. The maximum atomic E-state index is 12.4. The normalized spacial score (nSPS) is 15.0. The van der Waals surface area contributed by atoms with Gasteiger partial charge in [0.25, 0.3) is 5.91 Å². The Bertz CT molecular complexity index is 777. The number of piperidine rings is 1. The van der Waals surface area contributed by atoms with Crippen molar-refractivity contribution in [3.05, 3.63) is 59.0 Å². The number of nitrogens with zero attached hydrogens (tertiary/aromatic N) is 1. The minimum absolute atomic E-state index is 0.0891. The number of rotatable bonds is 6. The number of furan rings is 1. The van der Waals surface area contributed by atoms with Crippen LogP contribution in [0.4, 0.5) is 0 Å². The van der Waals surface area contributed by atoms with Gasteiger partial charge >= 0.3 is 0 Å². The van der Waals surface area contributed by atoms with Crippen LogP contribution < -0.4 is 5.32 Å². The molecule has 0 aliphatic carbocycles. The van der Waals surface area contributed by atoms with Crippen LogP contribution in [0.15, 0.2) is 41.0 Å². The molecular formula is C21H26N2O3S. The molecule has 0 radical (unpaired) electrons. The van der Waals surface area contributed by atoms with Gasteiger partial charge in [-0.25, -0.2) is 0 Å². The summed E-state index contributed by atoms with van der Waals surface area (Å²) in [5.74, 6) is 1.73. The molecular weight excluding hydrogens is 360 g/mol. The SMILES string of the molecule is Cc1ccc(CSCC(=O)N2CCC(NC(=O)c3occc3C)CC2)cc1. The van der Waals surface area contributed by atoms with Gasteiger partial charge in [-0.15, -0.1) is 11.8 Å². The highest BCUT2D eigenvalue weighted by molar-refractivity contribution is 7.99. The lowest BCUT2D eigenvalue weighted by molar-refractivity contribution is -0.129. The topological polar surface area (TPSA) is 62.6 Å². The Balaban J connectivity index is 1.38. The lowest BCUT2D eigenvalue weighted by Crippen LogP contribution is -2.47. The van der Waals surface area contributed by atoms with Crippen LogP contribution in [0.1, 0.15) is 40.1 Å². The standard InChI is InChI=1S/C21H26N2O3S/c1-15-3-5-17(6-4-15)13-27-14-19(24)23-10-7-18(8-11-23)22-21(25)20-16(2)9-12-26-20/h3-6,9,12,18H,7-8,10-11,13-14H2,1-2H3,(H,22,25). The molecule has 2 amide bonds. The third-order valence-electron chi connectivity index (χ3n) is 4.87. The van der Waals surface area contributed by atoms with Gasteiger partial charge in [0, 0.05) is 30.4 Å². The maximum Gasteiger partial charge on any atom is 0.287 e. The molecule has 144 valence electrons. The van der Waals surface area contributed by atoms with Gasteiger partial charge in [-0.1, -0.05) is 29.8 Å². The molecule has 1 aromatic heterocycles. The van der Waals surface area contributed by atoms with Crippen molar-refractivity contribution in [3.8, 4) is 0 Å². The van der Waals surface area contributed by atoms with Crippen molar-refractivity contribution in [2.75, 3.05) is 18.8 Å². The Morgan fingerprint density at radius 3 is 2.48 bits per heavy atom. The van der Waals surface area contributed by atoms with Gasteiger partial charge < -0.3 is 14.6 Å². The molecule has 1 aromatic carbocycles. The summed E-state index contributed by atoms with van der Waals surface area (Å²) in [4.78, 5) is 26.5. The van der Waals surface area contributed by atoms with Crippen molar-refractivity contribution in [2.24, 2.45) is 0 Å². The molecule has 6 heteroatoms. The Hall–Kier alpha value is -2.21. The Morgan fingerprint density at radius 2 is 1.85 bits per heavy atom. The summed E-state index contributed by atoms with van der Waals surface area (Å²) in [6.45, 7) is 5.30. The first-order valence-electron chi connectivity index (χ1n) is 9.29. The summed E-state index contributed by atoms with van der Waals surface area (Å²) in [5.41, 5.74) is 3.33. The van der Waals surface area contributed by atoms with E-state index in [-0.39, 0.29) is 17.9 Å². The second-order valence-corrected chi connectivity index (χ2v) is 8.03. The maximum absolute atomic E-state index is 12.4. The van der Waals surface area contributed by atoms with Crippen LogP contribution in [0.3, 0.4) is 0 Å². The highest BCUT2D eigenvalue weighted by atomic mass is 32.2. The summed E-state index contributed by atoms with van der Waals surface area (Å²) >= 11 is 1.65. The number of hydrogen-bond acceptors (Lipinski definition) is 4. The van der Waals surface area contributed by atoms with Crippen LogP contribution in [0.5, 0.6) is 0 Å². The highest BCUT2D eigenvalue weighted by Gasteiger charge is 2.25. The summed E-state index contributed by atoms with van der Waals surface area (Å²) < 4.78 is 5.23. The van der Waals surface area contributed by atoms with E-state index in [2.05, 4.69) is 36.5 Å². The summed E-state index contributed by atoms with van der Waals surface area (Å²) in [6.07, 6.45) is 3.08.